The van der Waals surface area contributed by atoms with Crippen LogP contribution in [0.4, 0.5) is 4.79 Å². The maximum atomic E-state index is 12.1. The molecule has 0 saturated carbocycles. The number of halogens is 1. The van der Waals surface area contributed by atoms with Crippen LogP contribution in [0.15, 0.2) is 30.6 Å². The minimum Gasteiger partial charge on any atom is -0.331 e. The summed E-state index contributed by atoms with van der Waals surface area (Å²) in [6.45, 7) is 5.12. The predicted octanol–water partition coefficient (Wildman–Crippen LogP) is 2.90. The summed E-state index contributed by atoms with van der Waals surface area (Å²) in [6.07, 6.45) is 2.43. The zero-order valence-electron chi connectivity index (χ0n) is 12.7. The van der Waals surface area contributed by atoms with Crippen LogP contribution in [0.1, 0.15) is 37.7 Å². The number of amides is 2. The molecule has 0 aliphatic heterocycles. The second-order valence-corrected chi connectivity index (χ2v) is 5.31. The number of aromatic nitrogens is 3. The van der Waals surface area contributed by atoms with E-state index in [0.29, 0.717) is 11.6 Å². The second kappa shape index (κ2) is 7.79. The van der Waals surface area contributed by atoms with Gasteiger partial charge in [-0.1, -0.05) is 30.7 Å². The summed E-state index contributed by atoms with van der Waals surface area (Å²) in [6, 6.07) is 7.19. The molecule has 0 spiro atoms. The van der Waals surface area contributed by atoms with Crippen molar-refractivity contribution < 1.29 is 4.79 Å². The molecular weight excluding hydrogens is 302 g/mol. The summed E-state index contributed by atoms with van der Waals surface area (Å²) in [5.74, 6) is 0.730. The van der Waals surface area contributed by atoms with Gasteiger partial charge in [0, 0.05) is 11.6 Å². The zero-order valence-corrected chi connectivity index (χ0v) is 13.5. The van der Waals surface area contributed by atoms with Gasteiger partial charge < -0.3 is 15.2 Å². The molecule has 1 unspecified atom stereocenters. The molecule has 0 aliphatic carbocycles. The molecule has 1 atom stereocenters. The average molecular weight is 322 g/mol. The lowest BCUT2D eigenvalue weighted by Crippen LogP contribution is -2.38. The van der Waals surface area contributed by atoms with Crippen molar-refractivity contribution in [3.05, 3.63) is 47.0 Å². The maximum Gasteiger partial charge on any atom is 0.315 e. The van der Waals surface area contributed by atoms with Crippen LogP contribution in [0, 0.1) is 0 Å². The number of aryl methyl sites for hydroxylation is 1. The average Bonchev–Trinajstić information content (AvgIpc) is 2.98. The molecule has 2 rings (SSSR count). The summed E-state index contributed by atoms with van der Waals surface area (Å²) in [7, 11) is 0. The van der Waals surface area contributed by atoms with Gasteiger partial charge in [-0.25, -0.2) is 4.79 Å². The van der Waals surface area contributed by atoms with Gasteiger partial charge in [0.1, 0.15) is 6.33 Å². The molecule has 0 radical (unpaired) electrons. The SMILES string of the molecule is CCC(NC(=O)NCc1nncn1CC)c1cccc(Cl)c1. The standard InChI is InChI=1S/C15H20ClN5O/c1-3-13(11-6-5-7-12(16)8-11)19-15(22)17-9-14-20-18-10-21(14)4-2/h5-8,10,13H,3-4,9H2,1-2H3,(H2,17,19,22). The molecule has 22 heavy (non-hydrogen) atoms. The van der Waals surface area contributed by atoms with Crippen LogP contribution in [-0.4, -0.2) is 20.8 Å². The van der Waals surface area contributed by atoms with Crippen molar-refractivity contribution in [3.63, 3.8) is 0 Å². The van der Waals surface area contributed by atoms with Crippen LogP contribution in [-0.2, 0) is 13.1 Å². The van der Waals surface area contributed by atoms with Crippen molar-refractivity contribution in [2.45, 2.75) is 39.4 Å². The molecule has 0 fully saturated rings. The lowest BCUT2D eigenvalue weighted by molar-refractivity contribution is 0.236. The van der Waals surface area contributed by atoms with Gasteiger partial charge >= 0.3 is 6.03 Å². The van der Waals surface area contributed by atoms with E-state index in [0.717, 1.165) is 24.4 Å². The maximum absolute atomic E-state index is 12.1. The van der Waals surface area contributed by atoms with Crippen LogP contribution in [0.25, 0.3) is 0 Å². The smallest absolute Gasteiger partial charge is 0.315 e. The van der Waals surface area contributed by atoms with Crippen molar-refractivity contribution >= 4 is 17.6 Å². The highest BCUT2D eigenvalue weighted by molar-refractivity contribution is 6.30. The molecule has 0 aliphatic rings. The van der Waals surface area contributed by atoms with E-state index in [-0.39, 0.29) is 12.1 Å². The second-order valence-electron chi connectivity index (χ2n) is 4.88. The molecule has 0 saturated heterocycles. The first-order valence-electron chi connectivity index (χ1n) is 7.30. The molecule has 118 valence electrons. The highest BCUT2D eigenvalue weighted by Crippen LogP contribution is 2.20. The first-order valence-corrected chi connectivity index (χ1v) is 7.68. The monoisotopic (exact) mass is 321 g/mol. The van der Waals surface area contributed by atoms with E-state index < -0.39 is 0 Å². The number of hydrogen-bond acceptors (Lipinski definition) is 3. The minimum absolute atomic E-state index is 0.0808. The van der Waals surface area contributed by atoms with Crippen LogP contribution >= 0.6 is 11.6 Å². The number of nitrogens with one attached hydrogen (secondary N) is 2. The molecule has 7 heteroatoms. The van der Waals surface area contributed by atoms with Gasteiger partial charge in [0.15, 0.2) is 5.82 Å². The van der Waals surface area contributed by atoms with Crippen molar-refractivity contribution in [3.8, 4) is 0 Å². The van der Waals surface area contributed by atoms with Crippen LogP contribution < -0.4 is 10.6 Å². The highest BCUT2D eigenvalue weighted by Gasteiger charge is 2.13. The summed E-state index contributed by atoms with van der Waals surface area (Å²) in [5, 5.41) is 14.2. The molecule has 6 nitrogen and oxygen atoms in total. The number of carbonyl (C=O) groups is 1. The molecule has 0 bridgehead atoms. The Morgan fingerprint density at radius 1 is 1.41 bits per heavy atom. The topological polar surface area (TPSA) is 71.8 Å². The first-order chi connectivity index (χ1) is 10.6. The lowest BCUT2D eigenvalue weighted by atomic mass is 10.1. The quantitative estimate of drug-likeness (QED) is 0.859. The van der Waals surface area contributed by atoms with Gasteiger partial charge in [-0.15, -0.1) is 10.2 Å². The van der Waals surface area contributed by atoms with Gasteiger partial charge in [-0.05, 0) is 31.0 Å². The Hall–Kier alpha value is -2.08. The first kappa shape index (κ1) is 16.3. The number of benzene rings is 1. The number of carbonyl (C=O) groups excluding carboxylic acids is 1. The molecule has 2 aromatic rings. The molecule has 2 amide bonds. The van der Waals surface area contributed by atoms with Crippen LogP contribution in [0.3, 0.4) is 0 Å². The number of urea groups is 1. The Balaban J connectivity index is 1.92. The normalized spacial score (nSPS) is 12.0. The Morgan fingerprint density at radius 2 is 2.23 bits per heavy atom. The number of rotatable bonds is 6. The Bertz CT molecular complexity index is 628. The lowest BCUT2D eigenvalue weighted by Gasteiger charge is -2.18. The minimum atomic E-state index is -0.238. The fourth-order valence-electron chi connectivity index (χ4n) is 2.19. The van der Waals surface area contributed by atoms with Crippen molar-refractivity contribution in [2.75, 3.05) is 0 Å². The Kier molecular flexibility index (Phi) is 5.77. The molecule has 1 aromatic carbocycles. The summed E-state index contributed by atoms with van der Waals surface area (Å²) in [5.41, 5.74) is 0.988. The zero-order chi connectivity index (χ0) is 15.9. The third-order valence-corrected chi connectivity index (χ3v) is 3.64. The molecule has 1 heterocycles. The highest BCUT2D eigenvalue weighted by atomic mass is 35.5. The van der Waals surface area contributed by atoms with Gasteiger partial charge in [0.05, 0.1) is 12.6 Å². The van der Waals surface area contributed by atoms with E-state index >= 15 is 0 Å². The Labute approximate surface area is 134 Å². The molecule has 1 aromatic heterocycles. The third-order valence-electron chi connectivity index (χ3n) is 3.41. The fourth-order valence-corrected chi connectivity index (χ4v) is 2.39. The largest absolute Gasteiger partial charge is 0.331 e. The number of nitrogens with zero attached hydrogens (tertiary/aromatic N) is 3. The summed E-state index contributed by atoms with van der Waals surface area (Å²) in [4.78, 5) is 12.1. The third kappa shape index (κ3) is 4.21. The van der Waals surface area contributed by atoms with E-state index in [1.807, 2.05) is 42.7 Å². The summed E-state index contributed by atoms with van der Waals surface area (Å²) >= 11 is 6.00. The summed E-state index contributed by atoms with van der Waals surface area (Å²) < 4.78 is 1.88. The van der Waals surface area contributed by atoms with Gasteiger partial charge in [-0.2, -0.15) is 0 Å². The van der Waals surface area contributed by atoms with E-state index in [1.165, 1.54) is 0 Å². The predicted molar refractivity (Wildman–Crippen MR) is 85.6 cm³/mol. The van der Waals surface area contributed by atoms with E-state index in [2.05, 4.69) is 20.8 Å². The number of hydrogen-bond donors (Lipinski definition) is 2. The van der Waals surface area contributed by atoms with Crippen LogP contribution in [0.5, 0.6) is 0 Å². The molecule has 2 N–H and O–H groups in total. The van der Waals surface area contributed by atoms with E-state index in [4.69, 9.17) is 11.6 Å². The van der Waals surface area contributed by atoms with Crippen molar-refractivity contribution in [1.29, 1.82) is 0 Å². The molecular formula is C15H20ClN5O. The van der Waals surface area contributed by atoms with E-state index in [1.54, 1.807) is 6.33 Å². The van der Waals surface area contributed by atoms with Crippen molar-refractivity contribution in [1.82, 2.24) is 25.4 Å². The van der Waals surface area contributed by atoms with Gasteiger partial charge in [0.25, 0.3) is 0 Å². The van der Waals surface area contributed by atoms with Gasteiger partial charge in [-0.3, -0.25) is 0 Å². The Morgan fingerprint density at radius 3 is 2.91 bits per heavy atom. The van der Waals surface area contributed by atoms with Crippen molar-refractivity contribution in [2.24, 2.45) is 0 Å². The van der Waals surface area contributed by atoms with Crippen LogP contribution in [0.2, 0.25) is 5.02 Å². The van der Waals surface area contributed by atoms with E-state index in [9.17, 15) is 4.79 Å². The van der Waals surface area contributed by atoms with Gasteiger partial charge in [0.2, 0.25) is 0 Å². The fraction of sp³-hybridized carbons (Fsp3) is 0.400.